The van der Waals surface area contributed by atoms with Gasteiger partial charge < -0.3 is 10.5 Å². The Morgan fingerprint density at radius 3 is 3.00 bits per heavy atom. The zero-order chi connectivity index (χ0) is 12.3. The van der Waals surface area contributed by atoms with Gasteiger partial charge in [-0.1, -0.05) is 11.8 Å². The molecule has 2 heterocycles. The van der Waals surface area contributed by atoms with Crippen LogP contribution in [-0.2, 0) is 4.74 Å². The van der Waals surface area contributed by atoms with Gasteiger partial charge in [0.1, 0.15) is 0 Å². The highest BCUT2D eigenvalue weighted by Gasteiger charge is 2.17. The molecule has 1 unspecified atom stereocenters. The molecule has 0 bridgehead atoms. The Labute approximate surface area is 106 Å². The summed E-state index contributed by atoms with van der Waals surface area (Å²) >= 11 is 1.71. The quantitative estimate of drug-likeness (QED) is 0.817. The van der Waals surface area contributed by atoms with Gasteiger partial charge in [0.15, 0.2) is 5.16 Å². The molecule has 1 saturated heterocycles. The lowest BCUT2D eigenvalue weighted by Crippen LogP contribution is -2.09. The third kappa shape index (κ3) is 3.13. The SMILES string of the molecule is CC(C)n1c(N)nnc1SCCC1CCCO1. The van der Waals surface area contributed by atoms with Crippen molar-refractivity contribution in [2.45, 2.75) is 50.4 Å². The van der Waals surface area contributed by atoms with E-state index in [-0.39, 0.29) is 0 Å². The van der Waals surface area contributed by atoms with Gasteiger partial charge in [0.25, 0.3) is 0 Å². The first-order valence-electron chi connectivity index (χ1n) is 6.13. The molecule has 1 atom stereocenters. The van der Waals surface area contributed by atoms with Crippen molar-refractivity contribution in [3.63, 3.8) is 0 Å². The maximum absolute atomic E-state index is 5.79. The molecule has 1 aromatic heterocycles. The molecule has 0 amide bonds. The van der Waals surface area contributed by atoms with E-state index >= 15 is 0 Å². The first-order chi connectivity index (χ1) is 8.18. The third-order valence-electron chi connectivity index (χ3n) is 2.90. The molecule has 1 aliphatic rings. The number of hydrogen-bond acceptors (Lipinski definition) is 5. The number of aromatic nitrogens is 3. The molecule has 0 saturated carbocycles. The monoisotopic (exact) mass is 256 g/mol. The predicted octanol–water partition coefficient (Wildman–Crippen LogP) is 2.10. The maximum Gasteiger partial charge on any atom is 0.222 e. The van der Waals surface area contributed by atoms with Crippen LogP contribution in [0, 0.1) is 0 Å². The normalized spacial score (nSPS) is 20.3. The van der Waals surface area contributed by atoms with E-state index in [0.29, 0.717) is 18.1 Å². The van der Waals surface area contributed by atoms with Crippen molar-refractivity contribution in [1.29, 1.82) is 0 Å². The first-order valence-corrected chi connectivity index (χ1v) is 7.12. The molecule has 1 fully saturated rings. The molecule has 0 radical (unpaired) electrons. The van der Waals surface area contributed by atoms with E-state index in [2.05, 4.69) is 24.0 Å². The van der Waals surface area contributed by atoms with Gasteiger partial charge in [-0.25, -0.2) is 0 Å². The number of ether oxygens (including phenoxy) is 1. The largest absolute Gasteiger partial charge is 0.378 e. The van der Waals surface area contributed by atoms with Gasteiger partial charge in [0.2, 0.25) is 5.95 Å². The van der Waals surface area contributed by atoms with E-state index in [1.807, 2.05) is 4.57 Å². The smallest absolute Gasteiger partial charge is 0.222 e. The van der Waals surface area contributed by atoms with Gasteiger partial charge in [0.05, 0.1) is 6.10 Å². The van der Waals surface area contributed by atoms with E-state index in [0.717, 1.165) is 23.9 Å². The third-order valence-corrected chi connectivity index (χ3v) is 3.88. The molecule has 6 heteroatoms. The number of hydrogen-bond donors (Lipinski definition) is 1. The summed E-state index contributed by atoms with van der Waals surface area (Å²) in [5.41, 5.74) is 5.79. The molecule has 2 rings (SSSR count). The minimum atomic E-state index is 0.301. The van der Waals surface area contributed by atoms with E-state index in [1.54, 1.807) is 11.8 Å². The Hall–Kier alpha value is -0.750. The summed E-state index contributed by atoms with van der Waals surface area (Å²) in [7, 11) is 0. The van der Waals surface area contributed by atoms with Crippen LogP contribution in [0.25, 0.3) is 0 Å². The van der Waals surface area contributed by atoms with Crippen LogP contribution in [0.5, 0.6) is 0 Å². The summed E-state index contributed by atoms with van der Waals surface area (Å²) in [6, 6.07) is 0.301. The van der Waals surface area contributed by atoms with E-state index < -0.39 is 0 Å². The highest BCUT2D eigenvalue weighted by atomic mass is 32.2. The van der Waals surface area contributed by atoms with Gasteiger partial charge in [-0.15, -0.1) is 10.2 Å². The fourth-order valence-electron chi connectivity index (χ4n) is 2.03. The van der Waals surface area contributed by atoms with Crippen molar-refractivity contribution in [2.75, 3.05) is 18.1 Å². The van der Waals surface area contributed by atoms with Gasteiger partial charge in [-0.2, -0.15) is 0 Å². The van der Waals surface area contributed by atoms with Crippen LogP contribution in [0.3, 0.4) is 0 Å². The van der Waals surface area contributed by atoms with Gasteiger partial charge in [0, 0.05) is 18.4 Å². The average Bonchev–Trinajstić information content (AvgIpc) is 2.88. The Kier molecular flexibility index (Phi) is 4.28. The number of anilines is 1. The standard InChI is InChI=1S/C11H20N4OS/c1-8(2)15-10(12)13-14-11(15)17-7-5-9-4-3-6-16-9/h8-9H,3-7H2,1-2H3,(H2,12,13). The van der Waals surface area contributed by atoms with Crippen molar-refractivity contribution in [3.05, 3.63) is 0 Å². The lowest BCUT2D eigenvalue weighted by molar-refractivity contribution is 0.109. The maximum atomic E-state index is 5.79. The fourth-order valence-corrected chi connectivity index (χ4v) is 3.13. The van der Waals surface area contributed by atoms with Crippen LogP contribution in [-0.4, -0.2) is 33.2 Å². The zero-order valence-electron chi connectivity index (χ0n) is 10.4. The number of rotatable bonds is 5. The van der Waals surface area contributed by atoms with Gasteiger partial charge >= 0.3 is 0 Å². The van der Waals surface area contributed by atoms with Gasteiger partial charge in [-0.05, 0) is 33.1 Å². The number of nitrogens with zero attached hydrogens (tertiary/aromatic N) is 3. The summed E-state index contributed by atoms with van der Waals surface area (Å²) in [4.78, 5) is 0. The number of nitrogen functional groups attached to an aromatic ring is 1. The Morgan fingerprint density at radius 2 is 2.35 bits per heavy atom. The number of thioether (sulfide) groups is 1. The van der Waals surface area contributed by atoms with Gasteiger partial charge in [-0.3, -0.25) is 4.57 Å². The molecule has 5 nitrogen and oxygen atoms in total. The highest BCUT2D eigenvalue weighted by molar-refractivity contribution is 7.99. The summed E-state index contributed by atoms with van der Waals surface area (Å²) < 4.78 is 7.57. The van der Waals surface area contributed by atoms with E-state index in [9.17, 15) is 0 Å². The first kappa shape index (κ1) is 12.7. The van der Waals surface area contributed by atoms with Crippen molar-refractivity contribution in [3.8, 4) is 0 Å². The van der Waals surface area contributed by atoms with Crippen LogP contribution in [0.4, 0.5) is 5.95 Å². The van der Waals surface area contributed by atoms with Crippen molar-refractivity contribution in [1.82, 2.24) is 14.8 Å². The second kappa shape index (κ2) is 5.73. The second-order valence-electron chi connectivity index (χ2n) is 4.58. The molecule has 96 valence electrons. The average molecular weight is 256 g/mol. The summed E-state index contributed by atoms with van der Waals surface area (Å²) in [6.07, 6.45) is 3.91. The zero-order valence-corrected chi connectivity index (χ0v) is 11.2. The van der Waals surface area contributed by atoms with E-state index in [4.69, 9.17) is 10.5 Å². The molecule has 1 aliphatic heterocycles. The summed E-state index contributed by atoms with van der Waals surface area (Å²) in [6.45, 7) is 5.10. The van der Waals surface area contributed by atoms with Crippen molar-refractivity contribution < 1.29 is 4.74 Å². The van der Waals surface area contributed by atoms with E-state index in [1.165, 1.54) is 12.8 Å². The summed E-state index contributed by atoms with van der Waals surface area (Å²) in [5, 5.41) is 8.95. The highest BCUT2D eigenvalue weighted by Crippen LogP contribution is 2.25. The summed E-state index contributed by atoms with van der Waals surface area (Å²) in [5.74, 6) is 1.51. The molecular weight excluding hydrogens is 236 g/mol. The van der Waals surface area contributed by atoms with Crippen LogP contribution in [0.2, 0.25) is 0 Å². The molecule has 17 heavy (non-hydrogen) atoms. The molecule has 0 spiro atoms. The molecule has 1 aromatic rings. The Bertz CT molecular complexity index is 360. The van der Waals surface area contributed by atoms with Crippen molar-refractivity contribution in [2.24, 2.45) is 0 Å². The lowest BCUT2D eigenvalue weighted by Gasteiger charge is -2.12. The second-order valence-corrected chi connectivity index (χ2v) is 5.64. The molecule has 0 aliphatic carbocycles. The van der Waals surface area contributed by atoms with Crippen LogP contribution >= 0.6 is 11.8 Å². The molecule has 2 N–H and O–H groups in total. The number of nitrogens with two attached hydrogens (primary N) is 1. The Balaban J connectivity index is 1.85. The predicted molar refractivity (Wildman–Crippen MR) is 69.1 cm³/mol. The molecule has 0 aromatic carbocycles. The van der Waals surface area contributed by atoms with Crippen LogP contribution in [0.15, 0.2) is 5.16 Å². The molecular formula is C11H20N4OS. The minimum Gasteiger partial charge on any atom is -0.378 e. The Morgan fingerprint density at radius 1 is 1.53 bits per heavy atom. The topological polar surface area (TPSA) is 66.0 Å². The van der Waals surface area contributed by atoms with Crippen LogP contribution in [0.1, 0.15) is 39.2 Å². The van der Waals surface area contributed by atoms with Crippen molar-refractivity contribution >= 4 is 17.7 Å². The van der Waals surface area contributed by atoms with Crippen LogP contribution < -0.4 is 5.73 Å². The lowest BCUT2D eigenvalue weighted by atomic mass is 10.2. The fraction of sp³-hybridized carbons (Fsp3) is 0.818. The minimum absolute atomic E-state index is 0.301.